The molecule has 2 aromatic carbocycles. The van der Waals surface area contributed by atoms with Crippen molar-refractivity contribution in [2.45, 2.75) is 19.8 Å². The lowest BCUT2D eigenvalue weighted by Crippen LogP contribution is -2.25. The van der Waals surface area contributed by atoms with Crippen molar-refractivity contribution in [1.82, 2.24) is 9.97 Å². The Morgan fingerprint density at radius 3 is 2.62 bits per heavy atom. The van der Waals surface area contributed by atoms with Crippen LogP contribution in [0.15, 0.2) is 42.5 Å². The smallest absolute Gasteiger partial charge is 0.165 e. The van der Waals surface area contributed by atoms with Gasteiger partial charge in [0.25, 0.3) is 0 Å². The highest BCUT2D eigenvalue weighted by Crippen LogP contribution is 2.31. The standard InChI is InChI=1S/C20H22FN3O2/c1-2-24(11-5-6-12-25)20-16-13-14(21)9-10-17(16)22-19(23-20)15-7-3-4-8-18(15)26/h3-4,7-10,13,25-26H,2,5-6,11-12H2,1H3. The first-order valence-corrected chi connectivity index (χ1v) is 8.75. The van der Waals surface area contributed by atoms with Crippen molar-refractivity contribution in [2.24, 2.45) is 0 Å². The van der Waals surface area contributed by atoms with Crippen molar-refractivity contribution in [2.75, 3.05) is 24.6 Å². The second-order valence-electron chi connectivity index (χ2n) is 6.06. The number of rotatable bonds is 7. The fourth-order valence-corrected chi connectivity index (χ4v) is 2.94. The number of phenolic OH excluding ortho intramolecular Hbond substituents is 1. The maximum atomic E-state index is 13.8. The van der Waals surface area contributed by atoms with E-state index in [-0.39, 0.29) is 18.2 Å². The van der Waals surface area contributed by atoms with Gasteiger partial charge in [-0.3, -0.25) is 0 Å². The van der Waals surface area contributed by atoms with Gasteiger partial charge in [0.1, 0.15) is 17.4 Å². The number of aliphatic hydroxyl groups excluding tert-OH is 1. The van der Waals surface area contributed by atoms with Gasteiger partial charge in [-0.05, 0) is 50.1 Å². The molecule has 1 heterocycles. The van der Waals surface area contributed by atoms with E-state index in [1.54, 1.807) is 24.3 Å². The SMILES string of the molecule is CCN(CCCCO)c1nc(-c2ccccc2O)nc2ccc(F)cc12. The maximum Gasteiger partial charge on any atom is 0.165 e. The first-order chi connectivity index (χ1) is 12.6. The summed E-state index contributed by atoms with van der Waals surface area (Å²) in [6.07, 6.45) is 1.50. The first-order valence-electron chi connectivity index (χ1n) is 8.75. The Morgan fingerprint density at radius 2 is 1.88 bits per heavy atom. The van der Waals surface area contributed by atoms with Crippen LogP contribution in [0.5, 0.6) is 5.75 Å². The predicted molar refractivity (Wildman–Crippen MR) is 101 cm³/mol. The second kappa shape index (κ2) is 8.10. The summed E-state index contributed by atoms with van der Waals surface area (Å²) in [7, 11) is 0. The summed E-state index contributed by atoms with van der Waals surface area (Å²) in [6.45, 7) is 3.53. The zero-order valence-corrected chi connectivity index (χ0v) is 14.7. The molecule has 0 saturated heterocycles. The van der Waals surface area contributed by atoms with E-state index in [0.29, 0.717) is 47.6 Å². The monoisotopic (exact) mass is 355 g/mol. The molecule has 1 aromatic heterocycles. The molecule has 2 N–H and O–H groups in total. The van der Waals surface area contributed by atoms with E-state index in [1.165, 1.54) is 12.1 Å². The summed E-state index contributed by atoms with van der Waals surface area (Å²) in [5, 5.41) is 19.8. The van der Waals surface area contributed by atoms with E-state index in [9.17, 15) is 9.50 Å². The molecule has 3 rings (SSSR count). The van der Waals surface area contributed by atoms with Gasteiger partial charge in [0.15, 0.2) is 5.82 Å². The van der Waals surface area contributed by atoms with Crippen LogP contribution in [0, 0.1) is 5.82 Å². The lowest BCUT2D eigenvalue weighted by atomic mass is 10.1. The Bertz CT molecular complexity index is 901. The van der Waals surface area contributed by atoms with Crippen LogP contribution >= 0.6 is 0 Å². The zero-order valence-electron chi connectivity index (χ0n) is 14.7. The number of fused-ring (bicyclic) bond motifs is 1. The Morgan fingerprint density at radius 1 is 1.08 bits per heavy atom. The van der Waals surface area contributed by atoms with Gasteiger partial charge in [0, 0.05) is 25.1 Å². The van der Waals surface area contributed by atoms with Crippen LogP contribution < -0.4 is 4.90 Å². The summed E-state index contributed by atoms with van der Waals surface area (Å²) in [5.74, 6) is 0.790. The quantitative estimate of drug-likeness (QED) is 0.632. The largest absolute Gasteiger partial charge is 0.507 e. The molecule has 0 aliphatic carbocycles. The molecule has 0 radical (unpaired) electrons. The molecule has 0 unspecified atom stereocenters. The Kier molecular flexibility index (Phi) is 5.63. The minimum absolute atomic E-state index is 0.100. The van der Waals surface area contributed by atoms with Crippen LogP contribution in [0.1, 0.15) is 19.8 Å². The van der Waals surface area contributed by atoms with Crippen LogP contribution in [0.4, 0.5) is 10.2 Å². The van der Waals surface area contributed by atoms with Crippen molar-refractivity contribution in [1.29, 1.82) is 0 Å². The van der Waals surface area contributed by atoms with Crippen molar-refractivity contribution in [3.63, 3.8) is 0 Å². The third-order valence-corrected chi connectivity index (χ3v) is 4.30. The van der Waals surface area contributed by atoms with Crippen LogP contribution in [0.2, 0.25) is 0 Å². The van der Waals surface area contributed by atoms with Crippen molar-refractivity contribution in [3.8, 4) is 17.1 Å². The number of para-hydroxylation sites is 1. The van der Waals surface area contributed by atoms with Crippen LogP contribution in [0.3, 0.4) is 0 Å². The first kappa shape index (κ1) is 18.1. The topological polar surface area (TPSA) is 69.5 Å². The molecule has 0 spiro atoms. The van der Waals surface area contributed by atoms with Gasteiger partial charge in [-0.15, -0.1) is 0 Å². The van der Waals surface area contributed by atoms with E-state index in [4.69, 9.17) is 5.11 Å². The number of unbranched alkanes of at least 4 members (excludes halogenated alkanes) is 1. The number of phenols is 1. The number of halogens is 1. The number of anilines is 1. The minimum Gasteiger partial charge on any atom is -0.507 e. The molecule has 0 aliphatic rings. The van der Waals surface area contributed by atoms with E-state index in [0.717, 1.165) is 6.42 Å². The number of nitrogens with zero attached hydrogens (tertiary/aromatic N) is 3. The van der Waals surface area contributed by atoms with Gasteiger partial charge in [-0.1, -0.05) is 12.1 Å². The summed E-state index contributed by atoms with van der Waals surface area (Å²) < 4.78 is 13.8. The fourth-order valence-electron chi connectivity index (χ4n) is 2.94. The molecule has 136 valence electrons. The fraction of sp³-hybridized carbons (Fsp3) is 0.300. The highest BCUT2D eigenvalue weighted by Gasteiger charge is 2.16. The number of aromatic hydroxyl groups is 1. The second-order valence-corrected chi connectivity index (χ2v) is 6.06. The van der Waals surface area contributed by atoms with E-state index in [2.05, 4.69) is 9.97 Å². The van der Waals surface area contributed by atoms with E-state index in [1.807, 2.05) is 17.9 Å². The molecule has 0 saturated carbocycles. The lowest BCUT2D eigenvalue weighted by Gasteiger charge is -2.24. The van der Waals surface area contributed by atoms with E-state index >= 15 is 0 Å². The molecule has 0 aliphatic heterocycles. The molecule has 0 bridgehead atoms. The molecule has 6 heteroatoms. The molecule has 0 atom stereocenters. The zero-order chi connectivity index (χ0) is 18.5. The maximum absolute atomic E-state index is 13.8. The average molecular weight is 355 g/mol. The molecule has 0 fully saturated rings. The number of aromatic nitrogens is 2. The third kappa shape index (κ3) is 3.75. The summed E-state index contributed by atoms with van der Waals surface area (Å²) in [4.78, 5) is 11.2. The third-order valence-electron chi connectivity index (χ3n) is 4.30. The average Bonchev–Trinajstić information content (AvgIpc) is 2.65. The van der Waals surface area contributed by atoms with Gasteiger partial charge in [-0.25, -0.2) is 14.4 Å². The van der Waals surface area contributed by atoms with Crippen molar-refractivity contribution < 1.29 is 14.6 Å². The summed E-state index contributed by atoms with van der Waals surface area (Å²) >= 11 is 0. The van der Waals surface area contributed by atoms with Crippen LogP contribution in [-0.2, 0) is 0 Å². The molecule has 5 nitrogen and oxygen atoms in total. The van der Waals surface area contributed by atoms with Crippen LogP contribution in [0.25, 0.3) is 22.3 Å². The molecule has 3 aromatic rings. The van der Waals surface area contributed by atoms with Gasteiger partial charge >= 0.3 is 0 Å². The highest BCUT2D eigenvalue weighted by molar-refractivity contribution is 5.91. The van der Waals surface area contributed by atoms with Crippen molar-refractivity contribution in [3.05, 3.63) is 48.3 Å². The summed E-state index contributed by atoms with van der Waals surface area (Å²) in [5.41, 5.74) is 1.15. The number of benzene rings is 2. The molecule has 26 heavy (non-hydrogen) atoms. The van der Waals surface area contributed by atoms with Gasteiger partial charge in [-0.2, -0.15) is 0 Å². The minimum atomic E-state index is -0.343. The number of aliphatic hydroxyl groups is 1. The highest BCUT2D eigenvalue weighted by atomic mass is 19.1. The molecular formula is C20H22FN3O2. The van der Waals surface area contributed by atoms with E-state index < -0.39 is 0 Å². The van der Waals surface area contributed by atoms with Gasteiger partial charge in [0.2, 0.25) is 0 Å². The van der Waals surface area contributed by atoms with Crippen molar-refractivity contribution >= 4 is 16.7 Å². The predicted octanol–water partition coefficient (Wildman–Crippen LogP) is 3.74. The molecular weight excluding hydrogens is 333 g/mol. The molecule has 0 amide bonds. The lowest BCUT2D eigenvalue weighted by molar-refractivity contribution is 0.285. The Labute approximate surface area is 151 Å². The Balaban J connectivity index is 2.15. The number of hydrogen-bond donors (Lipinski definition) is 2. The van der Waals surface area contributed by atoms with Gasteiger partial charge in [0.05, 0.1) is 11.1 Å². The Hall–Kier alpha value is -2.73. The van der Waals surface area contributed by atoms with Crippen LogP contribution in [-0.4, -0.2) is 39.9 Å². The summed E-state index contributed by atoms with van der Waals surface area (Å²) in [6, 6.07) is 11.3. The van der Waals surface area contributed by atoms with Gasteiger partial charge < -0.3 is 15.1 Å². The number of hydrogen-bond acceptors (Lipinski definition) is 5. The normalized spacial score (nSPS) is 11.0.